The zero-order valence-corrected chi connectivity index (χ0v) is 14.0. The number of ether oxygens (including phenoxy) is 1. The first-order chi connectivity index (χ1) is 11.8. The minimum atomic E-state index is 0.453. The van der Waals surface area contributed by atoms with Crippen LogP contribution in [0.5, 0.6) is 0 Å². The first-order valence-electron chi connectivity index (χ1n) is 8.45. The summed E-state index contributed by atoms with van der Waals surface area (Å²) in [5.74, 6) is 0.453. The number of aryl methyl sites for hydroxylation is 1. The summed E-state index contributed by atoms with van der Waals surface area (Å²) in [6.07, 6.45) is 10.7. The van der Waals surface area contributed by atoms with Gasteiger partial charge in [-0.2, -0.15) is 0 Å². The molecule has 0 bridgehead atoms. The summed E-state index contributed by atoms with van der Waals surface area (Å²) in [5, 5.41) is 0. The van der Waals surface area contributed by atoms with Crippen LogP contribution in [0.4, 0.5) is 0 Å². The number of hydrogen-bond acceptors (Lipinski definition) is 4. The number of imidazole rings is 1. The fraction of sp³-hybridized carbons (Fsp3) is 0.444. The van der Waals surface area contributed by atoms with Gasteiger partial charge in [-0.05, 0) is 18.6 Å². The summed E-state index contributed by atoms with van der Waals surface area (Å²) in [5.41, 5.74) is 3.58. The number of nitrogens with zero attached hydrogens (tertiary/aromatic N) is 5. The minimum Gasteiger partial charge on any atom is -0.380 e. The highest BCUT2D eigenvalue weighted by molar-refractivity contribution is 5.52. The Hall–Kier alpha value is -2.18. The SMILES string of the molecule is Cn1cncc1CN1CCOC[C@@H](Cc2nccn3cccc23)C1. The third-order valence-corrected chi connectivity index (χ3v) is 4.74. The second kappa shape index (κ2) is 6.75. The van der Waals surface area contributed by atoms with E-state index < -0.39 is 0 Å². The van der Waals surface area contributed by atoms with E-state index in [0.717, 1.165) is 45.0 Å². The average molecular weight is 325 g/mol. The molecule has 1 atom stereocenters. The van der Waals surface area contributed by atoms with Crippen molar-refractivity contribution in [3.8, 4) is 0 Å². The van der Waals surface area contributed by atoms with Crippen LogP contribution in [-0.2, 0) is 24.8 Å². The van der Waals surface area contributed by atoms with Crippen LogP contribution >= 0.6 is 0 Å². The van der Waals surface area contributed by atoms with Crippen LogP contribution in [0.1, 0.15) is 11.4 Å². The van der Waals surface area contributed by atoms with Crippen molar-refractivity contribution in [3.63, 3.8) is 0 Å². The van der Waals surface area contributed by atoms with Gasteiger partial charge < -0.3 is 13.7 Å². The van der Waals surface area contributed by atoms with Gasteiger partial charge in [-0.3, -0.25) is 9.88 Å². The summed E-state index contributed by atoms with van der Waals surface area (Å²) in [6, 6.07) is 4.20. The molecule has 0 aromatic carbocycles. The van der Waals surface area contributed by atoms with E-state index in [1.165, 1.54) is 11.2 Å². The van der Waals surface area contributed by atoms with Crippen LogP contribution in [0.15, 0.2) is 43.2 Å². The Morgan fingerprint density at radius 1 is 1.33 bits per heavy atom. The van der Waals surface area contributed by atoms with E-state index in [9.17, 15) is 0 Å². The van der Waals surface area contributed by atoms with E-state index in [1.807, 2.05) is 32.0 Å². The molecule has 0 unspecified atom stereocenters. The second-order valence-electron chi connectivity index (χ2n) is 6.55. The first-order valence-corrected chi connectivity index (χ1v) is 8.45. The molecule has 1 aliphatic heterocycles. The molecule has 0 aliphatic carbocycles. The van der Waals surface area contributed by atoms with E-state index in [4.69, 9.17) is 4.74 Å². The maximum atomic E-state index is 5.85. The number of aromatic nitrogens is 4. The number of hydrogen-bond donors (Lipinski definition) is 0. The van der Waals surface area contributed by atoms with Gasteiger partial charge in [-0.15, -0.1) is 0 Å². The molecule has 0 saturated carbocycles. The summed E-state index contributed by atoms with van der Waals surface area (Å²) in [4.78, 5) is 11.3. The molecule has 4 rings (SSSR count). The molecule has 24 heavy (non-hydrogen) atoms. The lowest BCUT2D eigenvalue weighted by Crippen LogP contribution is -2.31. The van der Waals surface area contributed by atoms with Crippen LogP contribution in [0.3, 0.4) is 0 Å². The minimum absolute atomic E-state index is 0.453. The third kappa shape index (κ3) is 3.20. The Kier molecular flexibility index (Phi) is 4.32. The van der Waals surface area contributed by atoms with Gasteiger partial charge >= 0.3 is 0 Å². The highest BCUT2D eigenvalue weighted by atomic mass is 16.5. The Morgan fingerprint density at radius 3 is 3.17 bits per heavy atom. The van der Waals surface area contributed by atoms with E-state index in [1.54, 1.807) is 0 Å². The molecule has 0 radical (unpaired) electrons. The van der Waals surface area contributed by atoms with Gasteiger partial charge in [0.05, 0.1) is 36.4 Å². The van der Waals surface area contributed by atoms with Gasteiger partial charge in [0.15, 0.2) is 0 Å². The molecule has 0 amide bonds. The molecule has 6 nitrogen and oxygen atoms in total. The molecule has 0 spiro atoms. The molecular formula is C18H23N5O. The predicted molar refractivity (Wildman–Crippen MR) is 91.7 cm³/mol. The summed E-state index contributed by atoms with van der Waals surface area (Å²) in [7, 11) is 2.05. The smallest absolute Gasteiger partial charge is 0.0945 e. The van der Waals surface area contributed by atoms with E-state index >= 15 is 0 Å². The van der Waals surface area contributed by atoms with Crippen LogP contribution in [0.2, 0.25) is 0 Å². The van der Waals surface area contributed by atoms with Crippen molar-refractivity contribution >= 4 is 5.52 Å². The van der Waals surface area contributed by atoms with Crippen LogP contribution in [-0.4, -0.2) is 50.1 Å². The highest BCUT2D eigenvalue weighted by Crippen LogP contribution is 2.18. The fourth-order valence-corrected chi connectivity index (χ4v) is 3.45. The monoisotopic (exact) mass is 325 g/mol. The van der Waals surface area contributed by atoms with Crippen LogP contribution in [0, 0.1) is 5.92 Å². The lowest BCUT2D eigenvalue weighted by atomic mass is 10.0. The van der Waals surface area contributed by atoms with Gasteiger partial charge in [0, 0.05) is 57.4 Å². The topological polar surface area (TPSA) is 47.6 Å². The molecule has 1 aliphatic rings. The normalized spacial score (nSPS) is 19.6. The van der Waals surface area contributed by atoms with Gasteiger partial charge in [0.25, 0.3) is 0 Å². The molecule has 3 aromatic rings. The van der Waals surface area contributed by atoms with E-state index in [2.05, 4.69) is 42.2 Å². The average Bonchev–Trinajstić information content (AvgIpc) is 3.15. The van der Waals surface area contributed by atoms with Gasteiger partial charge in [0.2, 0.25) is 0 Å². The van der Waals surface area contributed by atoms with Crippen LogP contribution < -0.4 is 0 Å². The molecule has 126 valence electrons. The zero-order chi connectivity index (χ0) is 16.4. The third-order valence-electron chi connectivity index (χ3n) is 4.74. The first kappa shape index (κ1) is 15.4. The van der Waals surface area contributed by atoms with Crippen molar-refractivity contribution in [3.05, 3.63) is 54.6 Å². The Morgan fingerprint density at radius 2 is 2.29 bits per heavy atom. The zero-order valence-electron chi connectivity index (χ0n) is 14.0. The molecule has 3 aromatic heterocycles. The van der Waals surface area contributed by atoms with E-state index in [-0.39, 0.29) is 0 Å². The van der Waals surface area contributed by atoms with Gasteiger partial charge in [-0.1, -0.05) is 0 Å². The van der Waals surface area contributed by atoms with Crippen molar-refractivity contribution in [2.24, 2.45) is 13.0 Å². The van der Waals surface area contributed by atoms with Gasteiger partial charge in [0.1, 0.15) is 0 Å². The Bertz CT molecular complexity index is 808. The molecular weight excluding hydrogens is 302 g/mol. The molecule has 1 fully saturated rings. The van der Waals surface area contributed by atoms with E-state index in [0.29, 0.717) is 5.92 Å². The Labute approximate surface area is 141 Å². The van der Waals surface area contributed by atoms with Crippen molar-refractivity contribution in [2.45, 2.75) is 13.0 Å². The fourth-order valence-electron chi connectivity index (χ4n) is 3.45. The predicted octanol–water partition coefficient (Wildman–Crippen LogP) is 1.76. The number of rotatable bonds is 4. The van der Waals surface area contributed by atoms with Gasteiger partial charge in [-0.25, -0.2) is 4.98 Å². The number of fused-ring (bicyclic) bond motifs is 1. The second-order valence-corrected chi connectivity index (χ2v) is 6.55. The molecule has 1 saturated heterocycles. The van der Waals surface area contributed by atoms with Crippen LogP contribution in [0.25, 0.3) is 5.52 Å². The summed E-state index contributed by atoms with van der Waals surface area (Å²) < 4.78 is 10.1. The van der Waals surface area contributed by atoms with Crippen molar-refractivity contribution < 1.29 is 4.74 Å². The van der Waals surface area contributed by atoms with Crippen molar-refractivity contribution in [1.82, 2.24) is 23.8 Å². The molecule has 0 N–H and O–H groups in total. The lowest BCUT2D eigenvalue weighted by molar-refractivity contribution is 0.121. The maximum absolute atomic E-state index is 5.85. The maximum Gasteiger partial charge on any atom is 0.0945 e. The van der Waals surface area contributed by atoms with Crippen molar-refractivity contribution in [1.29, 1.82) is 0 Å². The summed E-state index contributed by atoms with van der Waals surface area (Å²) >= 11 is 0. The quantitative estimate of drug-likeness (QED) is 0.733. The molecule has 6 heteroatoms. The lowest BCUT2D eigenvalue weighted by Gasteiger charge is -2.23. The standard InChI is InChI=1S/C18H23N5O/c1-21-14-19-10-16(21)12-22-7-8-24-13-15(11-22)9-17-18-3-2-5-23(18)6-4-20-17/h2-6,10,14-15H,7-9,11-13H2,1H3/t15-/m0/s1. The summed E-state index contributed by atoms with van der Waals surface area (Å²) in [6.45, 7) is 4.49. The molecule has 4 heterocycles. The van der Waals surface area contributed by atoms with Crippen molar-refractivity contribution in [2.75, 3.05) is 26.3 Å². The Balaban J connectivity index is 1.48. The highest BCUT2D eigenvalue weighted by Gasteiger charge is 2.21. The largest absolute Gasteiger partial charge is 0.380 e.